The van der Waals surface area contributed by atoms with E-state index in [-0.39, 0.29) is 69.3 Å². The average Bonchev–Trinajstić information content (AvgIpc) is 3.76. The zero-order valence-electron chi connectivity index (χ0n) is 28.4. The highest BCUT2D eigenvalue weighted by molar-refractivity contribution is 7.88. The van der Waals surface area contributed by atoms with Gasteiger partial charge in [0.15, 0.2) is 5.82 Å². The molecule has 3 atom stereocenters. The van der Waals surface area contributed by atoms with Gasteiger partial charge in [0.1, 0.15) is 28.7 Å². The fraction of sp³-hybridized carbons (Fsp3) is 0.459. The van der Waals surface area contributed by atoms with Crippen molar-refractivity contribution in [2.45, 2.75) is 50.7 Å². The number of aromatic nitrogens is 2. The number of ether oxygens (including phenoxy) is 1. The van der Waals surface area contributed by atoms with Crippen LogP contribution in [0.3, 0.4) is 0 Å². The molecule has 4 aliphatic rings. The molecule has 268 valence electrons. The lowest BCUT2D eigenvalue weighted by molar-refractivity contribution is 0.100. The highest BCUT2D eigenvalue weighted by Crippen LogP contribution is 2.47. The maximum absolute atomic E-state index is 17.0. The van der Waals surface area contributed by atoms with Crippen molar-refractivity contribution in [1.29, 1.82) is 0 Å². The van der Waals surface area contributed by atoms with E-state index in [1.54, 1.807) is 0 Å². The zero-order chi connectivity index (χ0) is 35.8. The molecule has 2 bridgehead atoms. The Kier molecular flexibility index (Phi) is 8.33. The van der Waals surface area contributed by atoms with Crippen LogP contribution in [-0.4, -0.2) is 103 Å². The quantitative estimate of drug-likeness (QED) is 0.252. The summed E-state index contributed by atoms with van der Waals surface area (Å²) in [5.74, 6) is -0.264. The lowest BCUT2D eigenvalue weighted by Crippen LogP contribution is -2.54. The number of halogens is 3. The second-order valence-electron chi connectivity index (χ2n) is 14.7. The number of rotatable bonds is 8. The number of nitrogens with one attached hydrogen (secondary N) is 1. The molecule has 2 unspecified atom stereocenters. The third-order valence-corrected chi connectivity index (χ3v) is 12.3. The summed E-state index contributed by atoms with van der Waals surface area (Å²) in [5.41, 5.74) is -1.13. The summed E-state index contributed by atoms with van der Waals surface area (Å²) >= 11 is 0. The fourth-order valence-electron chi connectivity index (χ4n) is 8.32. The van der Waals surface area contributed by atoms with Gasteiger partial charge in [-0.3, -0.25) is 4.90 Å². The van der Waals surface area contributed by atoms with Crippen molar-refractivity contribution in [2.24, 2.45) is 5.41 Å². The molecule has 1 saturated carbocycles. The lowest BCUT2D eigenvalue weighted by atomic mass is 9.92. The van der Waals surface area contributed by atoms with Crippen molar-refractivity contribution in [3.63, 3.8) is 0 Å². The topological polar surface area (TPSA) is 111 Å². The highest BCUT2D eigenvalue weighted by atomic mass is 32.2. The minimum Gasteiger partial charge on any atom is -0.508 e. The molecule has 2 N–H and O–H groups in total. The highest BCUT2D eigenvalue weighted by Gasteiger charge is 2.46. The number of benzene rings is 3. The molecule has 4 aromatic rings. The monoisotopic (exact) mass is 720 g/mol. The van der Waals surface area contributed by atoms with Crippen molar-refractivity contribution >= 4 is 37.5 Å². The van der Waals surface area contributed by atoms with Crippen LogP contribution in [-0.2, 0) is 10.0 Å². The number of nitrogens with zero attached hydrogens (tertiary/aromatic N) is 5. The van der Waals surface area contributed by atoms with Gasteiger partial charge in [-0.2, -0.15) is 14.3 Å². The average molecular weight is 721 g/mol. The van der Waals surface area contributed by atoms with Gasteiger partial charge in [-0.05, 0) is 62.3 Å². The number of anilines is 1. The van der Waals surface area contributed by atoms with Crippen LogP contribution in [0.1, 0.15) is 38.2 Å². The van der Waals surface area contributed by atoms with Gasteiger partial charge in [-0.1, -0.05) is 12.0 Å². The molecular formula is C37H39F3N6O4S. The van der Waals surface area contributed by atoms with Gasteiger partial charge >= 0.3 is 6.01 Å². The summed E-state index contributed by atoms with van der Waals surface area (Å²) in [6, 6.07) is 6.51. The number of hydrogen-bond donors (Lipinski definition) is 2. The SMILES string of the molecule is C#Cc1c(F)ccc2cc(O)cc(-c3c(F)cc4c(N5CC6CCC(C5)N6)nc(OCC5(CN6CCN(S(C)(=O)=O)[C@H](C)C6)CC5)nc4c3F)c12. The predicted molar refractivity (Wildman–Crippen MR) is 189 cm³/mol. The van der Waals surface area contributed by atoms with Crippen molar-refractivity contribution in [2.75, 3.05) is 57.0 Å². The van der Waals surface area contributed by atoms with Crippen LogP contribution in [0, 0.1) is 35.2 Å². The number of phenols is 1. The first kappa shape index (κ1) is 34.0. The van der Waals surface area contributed by atoms with Gasteiger partial charge in [0.2, 0.25) is 10.0 Å². The third-order valence-electron chi connectivity index (χ3n) is 10.9. The first-order valence-corrected chi connectivity index (χ1v) is 19.1. The summed E-state index contributed by atoms with van der Waals surface area (Å²) in [5, 5.41) is 14.7. The van der Waals surface area contributed by atoms with Crippen LogP contribution in [0.4, 0.5) is 19.0 Å². The summed E-state index contributed by atoms with van der Waals surface area (Å²) in [6.07, 6.45) is 10.7. The van der Waals surface area contributed by atoms with Crippen molar-refractivity contribution in [3.8, 4) is 35.2 Å². The van der Waals surface area contributed by atoms with E-state index in [2.05, 4.69) is 21.1 Å². The number of fused-ring (bicyclic) bond motifs is 4. The van der Waals surface area contributed by atoms with E-state index in [0.717, 1.165) is 31.7 Å². The van der Waals surface area contributed by atoms with Gasteiger partial charge in [0.25, 0.3) is 0 Å². The fourth-order valence-corrected chi connectivity index (χ4v) is 9.45. The first-order valence-electron chi connectivity index (χ1n) is 17.3. The predicted octanol–water partition coefficient (Wildman–Crippen LogP) is 4.62. The molecular weight excluding hydrogens is 682 g/mol. The lowest BCUT2D eigenvalue weighted by Gasteiger charge is -2.39. The van der Waals surface area contributed by atoms with Gasteiger partial charge in [-0.25, -0.2) is 21.6 Å². The summed E-state index contributed by atoms with van der Waals surface area (Å²) < 4.78 is 80.3. The van der Waals surface area contributed by atoms with E-state index in [1.165, 1.54) is 34.8 Å². The van der Waals surface area contributed by atoms with Gasteiger partial charge < -0.3 is 20.1 Å². The molecule has 8 rings (SSSR count). The van der Waals surface area contributed by atoms with Crippen LogP contribution in [0.2, 0.25) is 0 Å². The first-order chi connectivity index (χ1) is 24.3. The van der Waals surface area contributed by atoms with Crippen molar-refractivity contribution in [3.05, 3.63) is 53.3 Å². The Balaban J connectivity index is 1.17. The number of phenolic OH excluding ortho intramolecular Hbond substituents is 1. The Bertz CT molecular complexity index is 2210. The van der Waals surface area contributed by atoms with Gasteiger partial charge in [0, 0.05) is 79.1 Å². The minimum atomic E-state index is -3.29. The zero-order valence-corrected chi connectivity index (χ0v) is 29.2. The van der Waals surface area contributed by atoms with E-state index >= 15 is 8.78 Å². The number of piperazine rings is 2. The van der Waals surface area contributed by atoms with Gasteiger partial charge in [0.05, 0.1) is 24.0 Å². The summed E-state index contributed by atoms with van der Waals surface area (Å²) in [4.78, 5) is 13.6. The Morgan fingerprint density at radius 1 is 1.06 bits per heavy atom. The normalized spacial score (nSPS) is 23.5. The second kappa shape index (κ2) is 12.5. The second-order valence-corrected chi connectivity index (χ2v) is 16.7. The van der Waals surface area contributed by atoms with Crippen LogP contribution < -0.4 is 15.0 Å². The molecule has 0 radical (unpaired) electrons. The van der Waals surface area contributed by atoms with E-state index in [0.29, 0.717) is 50.5 Å². The smallest absolute Gasteiger partial charge is 0.319 e. The van der Waals surface area contributed by atoms with E-state index in [1.807, 2.05) is 11.8 Å². The van der Waals surface area contributed by atoms with Crippen LogP contribution >= 0.6 is 0 Å². The van der Waals surface area contributed by atoms with Gasteiger partial charge in [-0.15, -0.1) is 6.42 Å². The molecule has 0 amide bonds. The Morgan fingerprint density at radius 2 is 1.80 bits per heavy atom. The molecule has 3 saturated heterocycles. The maximum atomic E-state index is 17.0. The standard InChI is InChI=1S/C37H39F3N6O4S/c1-4-26-29(38)8-5-22-13-25(47)14-27(31(22)26)32-30(39)15-28-34(33(32)40)42-36(43-35(28)45-17-23-6-7-24(18-45)41-23)50-20-37(9-10-37)19-44-11-12-46(21(2)16-44)51(3,48)49/h1,5,8,13-15,21,23-24,41,47H,6-7,9-12,16-20H2,2-3H3/t21-,23?,24?/m1/s1. The molecule has 0 spiro atoms. The van der Waals surface area contributed by atoms with E-state index in [4.69, 9.17) is 16.1 Å². The van der Waals surface area contributed by atoms with Crippen LogP contribution in [0.25, 0.3) is 32.8 Å². The molecule has 4 fully saturated rings. The molecule has 3 aromatic carbocycles. The molecule has 14 heteroatoms. The van der Waals surface area contributed by atoms with E-state index in [9.17, 15) is 17.9 Å². The van der Waals surface area contributed by atoms with E-state index < -0.39 is 33.0 Å². The Morgan fingerprint density at radius 3 is 2.47 bits per heavy atom. The Labute approximate surface area is 294 Å². The number of hydrogen-bond acceptors (Lipinski definition) is 9. The van der Waals surface area contributed by atoms with Crippen molar-refractivity contribution < 1.29 is 31.4 Å². The molecule has 3 aliphatic heterocycles. The molecule has 4 heterocycles. The molecule has 1 aromatic heterocycles. The van der Waals surface area contributed by atoms with Crippen LogP contribution in [0.5, 0.6) is 11.8 Å². The molecule has 1 aliphatic carbocycles. The number of aromatic hydroxyl groups is 1. The van der Waals surface area contributed by atoms with Crippen molar-refractivity contribution in [1.82, 2.24) is 24.5 Å². The molecule has 51 heavy (non-hydrogen) atoms. The minimum absolute atomic E-state index is 0.0440. The Hall–Kier alpha value is -4.16. The van der Waals surface area contributed by atoms with Crippen LogP contribution in [0.15, 0.2) is 30.3 Å². The largest absolute Gasteiger partial charge is 0.508 e. The number of sulfonamides is 1. The number of terminal acetylenes is 1. The third kappa shape index (κ3) is 6.24. The summed E-state index contributed by atoms with van der Waals surface area (Å²) in [7, 11) is -3.29. The maximum Gasteiger partial charge on any atom is 0.319 e. The summed E-state index contributed by atoms with van der Waals surface area (Å²) in [6.45, 7) is 5.70. The molecule has 10 nitrogen and oxygen atoms in total.